The molecule has 1 atom stereocenters. The monoisotopic (exact) mass is 495 g/mol. The average Bonchev–Trinajstić information content (AvgIpc) is 3.69. The van der Waals surface area contributed by atoms with Crippen LogP contribution in [0.5, 0.6) is 0 Å². The molecule has 0 unspecified atom stereocenters. The number of imidazole rings is 1. The summed E-state index contributed by atoms with van der Waals surface area (Å²) < 4.78 is 14.7. The number of benzene rings is 1. The minimum Gasteiger partial charge on any atom is -0.385 e. The van der Waals surface area contributed by atoms with Gasteiger partial charge in [-0.25, -0.2) is 4.98 Å². The lowest BCUT2D eigenvalue weighted by atomic mass is 10.1. The van der Waals surface area contributed by atoms with Crippen LogP contribution in [0.3, 0.4) is 0 Å². The summed E-state index contributed by atoms with van der Waals surface area (Å²) in [6, 6.07) is 13.5. The second-order valence-corrected chi connectivity index (χ2v) is 8.36. The van der Waals surface area contributed by atoms with E-state index in [0.717, 1.165) is 28.1 Å². The van der Waals surface area contributed by atoms with Gasteiger partial charge in [-0.3, -0.25) is 9.67 Å². The zero-order valence-corrected chi connectivity index (χ0v) is 20.2. The van der Waals surface area contributed by atoms with E-state index in [1.54, 1.807) is 36.4 Å². The van der Waals surface area contributed by atoms with Gasteiger partial charge in [0.25, 0.3) is 0 Å². The number of pyridine rings is 1. The van der Waals surface area contributed by atoms with Gasteiger partial charge in [-0.05, 0) is 43.3 Å². The maximum absolute atomic E-state index is 9.83. The van der Waals surface area contributed by atoms with Gasteiger partial charge in [-0.1, -0.05) is 22.2 Å². The predicted molar refractivity (Wildman–Crippen MR) is 134 cm³/mol. The van der Waals surface area contributed by atoms with Crippen molar-refractivity contribution in [3.63, 3.8) is 0 Å². The quantitative estimate of drug-likeness (QED) is 0.245. The Morgan fingerprint density at radius 2 is 1.84 bits per heavy atom. The van der Waals surface area contributed by atoms with Crippen molar-refractivity contribution in [1.82, 2.24) is 34.7 Å². The molecule has 4 aromatic heterocycles. The van der Waals surface area contributed by atoms with Crippen LogP contribution in [-0.2, 0) is 24.4 Å². The molecule has 186 valence electrons. The van der Waals surface area contributed by atoms with E-state index in [9.17, 15) is 5.11 Å². The zero-order chi connectivity index (χ0) is 25.5. The van der Waals surface area contributed by atoms with Gasteiger partial charge >= 0.3 is 0 Å². The zero-order valence-electron chi connectivity index (χ0n) is 20.2. The fourth-order valence-electron chi connectivity index (χ4n) is 3.65. The van der Waals surface area contributed by atoms with Crippen LogP contribution in [0.25, 0.3) is 11.3 Å². The summed E-state index contributed by atoms with van der Waals surface area (Å²) in [5.41, 5.74) is 4.20. The summed E-state index contributed by atoms with van der Waals surface area (Å²) in [6.07, 6.45) is 8.00. The van der Waals surface area contributed by atoms with Crippen molar-refractivity contribution >= 4 is 0 Å². The molecule has 0 amide bonds. The van der Waals surface area contributed by atoms with Gasteiger partial charge in [0, 0.05) is 47.5 Å². The molecule has 1 N–H and O–H groups in total. The first kappa shape index (κ1) is 24.1. The second kappa shape index (κ2) is 11.4. The molecular formula is C27H25N7O3. The van der Waals surface area contributed by atoms with E-state index in [4.69, 9.17) is 9.26 Å². The van der Waals surface area contributed by atoms with Crippen LogP contribution in [0, 0.1) is 11.8 Å². The summed E-state index contributed by atoms with van der Waals surface area (Å²) >= 11 is 0. The Morgan fingerprint density at radius 3 is 2.59 bits per heavy atom. The van der Waals surface area contributed by atoms with Gasteiger partial charge in [0.1, 0.15) is 17.6 Å². The smallest absolute Gasteiger partial charge is 0.167 e. The topological polar surface area (TPSA) is 117 Å². The van der Waals surface area contributed by atoms with E-state index >= 15 is 0 Å². The van der Waals surface area contributed by atoms with E-state index in [0.29, 0.717) is 37.9 Å². The summed E-state index contributed by atoms with van der Waals surface area (Å²) in [5.74, 6) is 7.55. The SMILES string of the molecule is C[C@H](O)c1nccn1Cc1cc(-c2ccc(C#Cc3ccc(COCCn4ccnn4)nc3)cc2)on1. The lowest BCUT2D eigenvalue weighted by Crippen LogP contribution is -2.07. The minimum absolute atomic E-state index is 0.428. The van der Waals surface area contributed by atoms with E-state index in [-0.39, 0.29) is 0 Å². The fraction of sp³-hybridized carbons (Fsp3) is 0.222. The Hall–Kier alpha value is -4.59. The Bertz CT molecular complexity index is 1480. The number of aliphatic hydroxyl groups is 1. The van der Waals surface area contributed by atoms with Crippen molar-refractivity contribution in [3.05, 3.63) is 102 Å². The lowest BCUT2D eigenvalue weighted by molar-refractivity contribution is 0.108. The molecule has 0 aliphatic heterocycles. The van der Waals surface area contributed by atoms with Crippen LogP contribution in [0.4, 0.5) is 0 Å². The molecule has 10 nitrogen and oxygen atoms in total. The largest absolute Gasteiger partial charge is 0.385 e. The highest BCUT2D eigenvalue weighted by atomic mass is 16.5. The second-order valence-electron chi connectivity index (χ2n) is 8.36. The summed E-state index contributed by atoms with van der Waals surface area (Å²) in [7, 11) is 0. The normalized spacial score (nSPS) is 11.7. The highest BCUT2D eigenvalue weighted by Crippen LogP contribution is 2.22. The Kier molecular flexibility index (Phi) is 7.45. The standard InChI is InChI=1S/C27H25N7O3/c1-20(35)27-28-10-12-33(27)18-25-16-26(37-31-25)23-7-4-21(5-8-23)2-3-22-6-9-24(29-17-22)19-36-15-14-34-13-11-30-32-34/h4-13,16-17,20,35H,14-15,18-19H2,1H3/t20-/m0/s1. The highest BCUT2D eigenvalue weighted by molar-refractivity contribution is 5.59. The molecule has 10 heteroatoms. The molecule has 5 rings (SSSR count). The Morgan fingerprint density at radius 1 is 1.00 bits per heavy atom. The molecule has 5 aromatic rings. The highest BCUT2D eigenvalue weighted by Gasteiger charge is 2.12. The van der Waals surface area contributed by atoms with Gasteiger partial charge in [0.15, 0.2) is 5.76 Å². The van der Waals surface area contributed by atoms with Crippen molar-refractivity contribution in [2.45, 2.75) is 32.7 Å². The summed E-state index contributed by atoms with van der Waals surface area (Å²) in [4.78, 5) is 8.60. The maximum atomic E-state index is 9.83. The number of ether oxygens (including phenoxy) is 1. The molecule has 0 aliphatic carbocycles. The number of hydrogen-bond donors (Lipinski definition) is 1. The van der Waals surface area contributed by atoms with Gasteiger partial charge in [0.2, 0.25) is 0 Å². The van der Waals surface area contributed by atoms with Crippen LogP contribution >= 0.6 is 0 Å². The van der Waals surface area contributed by atoms with Crippen LogP contribution in [-0.4, -0.2) is 46.4 Å². The first-order valence-electron chi connectivity index (χ1n) is 11.8. The van der Waals surface area contributed by atoms with Crippen LogP contribution in [0.2, 0.25) is 0 Å². The number of hydrogen-bond acceptors (Lipinski definition) is 8. The van der Waals surface area contributed by atoms with Crippen LogP contribution in [0.1, 0.15) is 41.4 Å². The molecule has 0 fully saturated rings. The number of nitrogens with zero attached hydrogens (tertiary/aromatic N) is 7. The number of rotatable bonds is 9. The van der Waals surface area contributed by atoms with Gasteiger partial charge in [0.05, 0.1) is 38.2 Å². The third-order valence-electron chi connectivity index (χ3n) is 5.54. The van der Waals surface area contributed by atoms with Crippen molar-refractivity contribution in [2.75, 3.05) is 6.61 Å². The Labute approximate surface area is 213 Å². The third-order valence-corrected chi connectivity index (χ3v) is 5.54. The van der Waals surface area contributed by atoms with E-state index in [1.165, 1.54) is 0 Å². The average molecular weight is 496 g/mol. The number of aliphatic hydroxyl groups excluding tert-OH is 1. The molecule has 4 heterocycles. The maximum Gasteiger partial charge on any atom is 0.167 e. The molecule has 37 heavy (non-hydrogen) atoms. The first-order chi connectivity index (χ1) is 18.1. The first-order valence-corrected chi connectivity index (χ1v) is 11.8. The van der Waals surface area contributed by atoms with Gasteiger partial charge in [-0.15, -0.1) is 5.10 Å². The molecule has 0 spiro atoms. The van der Waals surface area contributed by atoms with Crippen LogP contribution in [0.15, 0.2) is 78.0 Å². The summed E-state index contributed by atoms with van der Waals surface area (Å²) in [5, 5.41) is 21.6. The molecule has 0 bridgehead atoms. The van der Waals surface area contributed by atoms with E-state index in [1.807, 2.05) is 53.2 Å². The van der Waals surface area contributed by atoms with Crippen molar-refractivity contribution in [3.8, 4) is 23.2 Å². The van der Waals surface area contributed by atoms with Crippen LogP contribution < -0.4 is 0 Å². The minimum atomic E-state index is -0.653. The predicted octanol–water partition coefficient (Wildman–Crippen LogP) is 3.24. The molecule has 0 saturated heterocycles. The molecule has 0 radical (unpaired) electrons. The van der Waals surface area contributed by atoms with Crippen molar-refractivity contribution in [1.29, 1.82) is 0 Å². The van der Waals surface area contributed by atoms with E-state index < -0.39 is 6.10 Å². The fourth-order valence-corrected chi connectivity index (χ4v) is 3.65. The molecule has 1 aromatic carbocycles. The van der Waals surface area contributed by atoms with E-state index in [2.05, 4.69) is 37.3 Å². The van der Waals surface area contributed by atoms with Crippen molar-refractivity contribution < 1.29 is 14.4 Å². The van der Waals surface area contributed by atoms with Crippen molar-refractivity contribution in [2.24, 2.45) is 0 Å². The lowest BCUT2D eigenvalue weighted by Gasteiger charge is -2.07. The van der Waals surface area contributed by atoms with Gasteiger partial charge in [-0.2, -0.15) is 0 Å². The Balaban J connectivity index is 1.14. The number of aromatic nitrogens is 7. The molecular weight excluding hydrogens is 470 g/mol. The molecule has 0 aliphatic rings. The summed E-state index contributed by atoms with van der Waals surface area (Å²) in [6.45, 7) is 3.76. The van der Waals surface area contributed by atoms with Gasteiger partial charge < -0.3 is 18.9 Å². The molecule has 0 saturated carbocycles. The third kappa shape index (κ3) is 6.35.